The van der Waals surface area contributed by atoms with E-state index >= 15 is 0 Å². The highest BCUT2D eigenvalue weighted by molar-refractivity contribution is 6.65. The van der Waals surface area contributed by atoms with Crippen molar-refractivity contribution in [3.8, 4) is 0 Å². The van der Waals surface area contributed by atoms with Gasteiger partial charge in [-0.1, -0.05) is 24.3 Å². The molecule has 1 rings (SSSR count). The lowest BCUT2D eigenvalue weighted by Gasteiger charge is -2.03. The molecule has 1 aromatic rings. The average molecular weight is 151 g/mol. The number of aryl methyl sites for hydroxylation is 1. The molecule has 1 radical (unpaired) electrons. The van der Waals surface area contributed by atoms with Gasteiger partial charge in [0, 0.05) is 0 Å². The predicted octanol–water partition coefficient (Wildman–Crippen LogP) is 0.816. The van der Waals surface area contributed by atoms with Gasteiger partial charge in [-0.3, -0.25) is 0 Å². The van der Waals surface area contributed by atoms with Gasteiger partial charge in [0.25, 0.3) is 0 Å². The molecule has 0 aliphatic rings. The second-order valence-electron chi connectivity index (χ2n) is 2.40. The minimum atomic E-state index is -1.24. The topological polar surface area (TPSA) is 20.2 Å². The maximum absolute atomic E-state index is 9.31. The van der Waals surface area contributed by atoms with Crippen LogP contribution >= 0.6 is 0 Å². The molecule has 1 N–H and O–H groups in total. The van der Waals surface area contributed by atoms with Gasteiger partial charge < -0.3 is 4.80 Å². The van der Waals surface area contributed by atoms with E-state index in [4.69, 9.17) is 0 Å². The lowest BCUT2D eigenvalue weighted by atomic mass is 10.2. The second-order valence-corrected chi connectivity index (χ2v) is 4.11. The predicted molar refractivity (Wildman–Crippen MR) is 44.6 cm³/mol. The lowest BCUT2D eigenvalue weighted by Crippen LogP contribution is -2.28. The van der Waals surface area contributed by atoms with Gasteiger partial charge in [0.1, 0.15) is 0 Å². The van der Waals surface area contributed by atoms with Crippen molar-refractivity contribution in [1.82, 2.24) is 0 Å². The molecule has 10 heavy (non-hydrogen) atoms. The molecule has 0 saturated carbocycles. The summed E-state index contributed by atoms with van der Waals surface area (Å²) in [7, 11) is -1.24. The van der Waals surface area contributed by atoms with E-state index in [-0.39, 0.29) is 0 Å². The van der Waals surface area contributed by atoms with E-state index < -0.39 is 9.04 Å². The van der Waals surface area contributed by atoms with Crippen molar-refractivity contribution < 1.29 is 4.80 Å². The van der Waals surface area contributed by atoms with Crippen LogP contribution in [0.1, 0.15) is 5.56 Å². The van der Waals surface area contributed by atoms with Crippen molar-refractivity contribution in [2.75, 3.05) is 0 Å². The van der Waals surface area contributed by atoms with E-state index in [1.807, 2.05) is 37.7 Å². The van der Waals surface area contributed by atoms with Crippen molar-refractivity contribution in [3.63, 3.8) is 0 Å². The zero-order chi connectivity index (χ0) is 7.56. The largest absolute Gasteiger partial charge is 0.427 e. The smallest absolute Gasteiger partial charge is 0.239 e. The van der Waals surface area contributed by atoms with Crippen molar-refractivity contribution >= 4 is 14.2 Å². The van der Waals surface area contributed by atoms with Crippen LogP contribution in [0.3, 0.4) is 0 Å². The van der Waals surface area contributed by atoms with Gasteiger partial charge >= 0.3 is 0 Å². The van der Waals surface area contributed by atoms with Gasteiger partial charge in [-0.05, 0) is 24.2 Å². The first-order chi connectivity index (χ1) is 4.72. The summed E-state index contributed by atoms with van der Waals surface area (Å²) in [6.45, 7) is 3.91. The first-order valence-corrected chi connectivity index (χ1v) is 5.25. The minimum Gasteiger partial charge on any atom is -0.427 e. The fourth-order valence-corrected chi connectivity index (χ4v) is 1.97. The third kappa shape index (κ3) is 1.46. The van der Waals surface area contributed by atoms with Crippen LogP contribution in [0.25, 0.3) is 0 Å². The van der Waals surface area contributed by atoms with E-state index in [1.165, 1.54) is 5.56 Å². The fraction of sp³-hybridized carbons (Fsp3) is 0.250. The van der Waals surface area contributed by atoms with Gasteiger partial charge in [0.05, 0.1) is 0 Å². The summed E-state index contributed by atoms with van der Waals surface area (Å²) in [6.07, 6.45) is 0. The summed E-state index contributed by atoms with van der Waals surface area (Å²) in [5, 5.41) is 1.12. The van der Waals surface area contributed by atoms with Crippen LogP contribution in [-0.4, -0.2) is 13.8 Å². The minimum absolute atomic E-state index is 1.12. The van der Waals surface area contributed by atoms with E-state index in [0.29, 0.717) is 0 Å². The molecule has 0 fully saturated rings. The van der Waals surface area contributed by atoms with Crippen molar-refractivity contribution in [2.24, 2.45) is 0 Å². The molecule has 0 unspecified atom stereocenters. The van der Waals surface area contributed by atoms with Crippen molar-refractivity contribution in [3.05, 3.63) is 29.8 Å². The normalized spacial score (nSPS) is 10.4. The molecule has 0 spiro atoms. The second kappa shape index (κ2) is 2.99. The van der Waals surface area contributed by atoms with Gasteiger partial charge in [0.2, 0.25) is 9.04 Å². The molecule has 0 atom stereocenters. The zero-order valence-corrected chi connectivity index (χ0v) is 7.26. The Bertz CT molecular complexity index is 220. The molecule has 1 nitrogen and oxygen atoms in total. The van der Waals surface area contributed by atoms with Crippen LogP contribution in [0.2, 0.25) is 6.55 Å². The molecule has 53 valence electrons. The Morgan fingerprint density at radius 2 is 1.90 bits per heavy atom. The number of hydrogen-bond donors (Lipinski definition) is 1. The van der Waals surface area contributed by atoms with Crippen molar-refractivity contribution in [1.29, 1.82) is 0 Å². The van der Waals surface area contributed by atoms with Crippen LogP contribution in [0.15, 0.2) is 24.3 Å². The highest BCUT2D eigenvalue weighted by Gasteiger charge is 2.05. The molecule has 1 aromatic carbocycles. The van der Waals surface area contributed by atoms with Gasteiger partial charge in [-0.25, -0.2) is 0 Å². The Kier molecular flexibility index (Phi) is 2.24. The first kappa shape index (κ1) is 7.50. The van der Waals surface area contributed by atoms with Crippen LogP contribution in [0.5, 0.6) is 0 Å². The third-order valence-corrected chi connectivity index (χ3v) is 2.88. The van der Waals surface area contributed by atoms with Crippen molar-refractivity contribution in [2.45, 2.75) is 13.5 Å². The molecule has 2 heteroatoms. The quantitative estimate of drug-likeness (QED) is 0.589. The van der Waals surface area contributed by atoms with E-state index in [2.05, 4.69) is 0 Å². The lowest BCUT2D eigenvalue weighted by molar-refractivity contribution is 0.593. The summed E-state index contributed by atoms with van der Waals surface area (Å²) in [4.78, 5) is 9.31. The molecular weight excluding hydrogens is 140 g/mol. The third-order valence-electron chi connectivity index (χ3n) is 1.53. The molecule has 0 heterocycles. The fourth-order valence-electron chi connectivity index (χ4n) is 0.979. The number of hydrogen-bond acceptors (Lipinski definition) is 1. The maximum Gasteiger partial charge on any atom is 0.239 e. The van der Waals surface area contributed by atoms with E-state index in [0.717, 1.165) is 5.19 Å². The van der Waals surface area contributed by atoms with E-state index in [9.17, 15) is 4.80 Å². The standard InChI is InChI=1S/C8H11OSi/c1-7-5-3-4-6-8(7)10(2)9/h3-6,9H,1-2H3. The van der Waals surface area contributed by atoms with Gasteiger partial charge in [-0.15, -0.1) is 0 Å². The number of benzene rings is 1. The molecule has 0 aromatic heterocycles. The molecule has 0 saturated heterocycles. The highest BCUT2D eigenvalue weighted by atomic mass is 28.3. The molecule has 0 aliphatic carbocycles. The van der Waals surface area contributed by atoms with Crippen LogP contribution in [0, 0.1) is 6.92 Å². The molecule has 0 bridgehead atoms. The SMILES string of the molecule is Cc1ccccc1[Si](C)O. The molecule has 0 aliphatic heterocycles. The van der Waals surface area contributed by atoms with Gasteiger partial charge in [-0.2, -0.15) is 0 Å². The number of rotatable bonds is 1. The van der Waals surface area contributed by atoms with Crippen LogP contribution in [-0.2, 0) is 0 Å². The maximum atomic E-state index is 9.31. The summed E-state index contributed by atoms with van der Waals surface area (Å²) < 4.78 is 0. The Morgan fingerprint density at radius 3 is 2.30 bits per heavy atom. The van der Waals surface area contributed by atoms with Crippen LogP contribution < -0.4 is 5.19 Å². The van der Waals surface area contributed by atoms with Gasteiger partial charge in [0.15, 0.2) is 0 Å². The molecule has 0 amide bonds. The summed E-state index contributed by atoms with van der Waals surface area (Å²) in [5.74, 6) is 0. The Labute approximate surface area is 63.1 Å². The van der Waals surface area contributed by atoms with E-state index in [1.54, 1.807) is 0 Å². The Hall–Kier alpha value is -0.603. The summed E-state index contributed by atoms with van der Waals surface area (Å²) >= 11 is 0. The van der Waals surface area contributed by atoms with Crippen LogP contribution in [0.4, 0.5) is 0 Å². The Morgan fingerprint density at radius 1 is 1.30 bits per heavy atom. The monoisotopic (exact) mass is 151 g/mol. The zero-order valence-electron chi connectivity index (χ0n) is 6.26. The first-order valence-electron chi connectivity index (χ1n) is 3.30. The highest BCUT2D eigenvalue weighted by Crippen LogP contribution is 1.93. The Balaban J connectivity index is 3.03. The molecular formula is C8H11OSi. The summed E-state index contributed by atoms with van der Waals surface area (Å²) in [5.41, 5.74) is 1.20. The summed E-state index contributed by atoms with van der Waals surface area (Å²) in [6, 6.07) is 7.97. The average Bonchev–Trinajstić information content (AvgIpc) is 1.88.